The van der Waals surface area contributed by atoms with Crippen molar-refractivity contribution in [3.63, 3.8) is 0 Å². The summed E-state index contributed by atoms with van der Waals surface area (Å²) in [7, 11) is 0. The standard InChI is InChI=1S/C15H20F4N2O2/c1-5-23-12(22)10-9(2)11(14(4,16)17)20-21(10)8-13(3)6-15(18,19)7-13/h5-8H2,1-4H3. The van der Waals surface area contributed by atoms with Crippen LogP contribution in [0.25, 0.3) is 0 Å². The third-order valence-corrected chi connectivity index (χ3v) is 3.98. The van der Waals surface area contributed by atoms with Gasteiger partial charge in [-0.25, -0.2) is 13.6 Å². The molecule has 4 nitrogen and oxygen atoms in total. The van der Waals surface area contributed by atoms with Crippen LogP contribution in [0.4, 0.5) is 17.6 Å². The summed E-state index contributed by atoms with van der Waals surface area (Å²) in [6.45, 7) is 5.31. The largest absolute Gasteiger partial charge is 0.461 e. The van der Waals surface area contributed by atoms with Crippen molar-refractivity contribution >= 4 is 5.97 Å². The Morgan fingerprint density at radius 1 is 1.39 bits per heavy atom. The molecular weight excluding hydrogens is 316 g/mol. The van der Waals surface area contributed by atoms with E-state index in [0.29, 0.717) is 6.92 Å². The van der Waals surface area contributed by atoms with E-state index < -0.39 is 28.9 Å². The van der Waals surface area contributed by atoms with E-state index >= 15 is 0 Å². The highest BCUT2D eigenvalue weighted by atomic mass is 19.3. The monoisotopic (exact) mass is 336 g/mol. The van der Waals surface area contributed by atoms with Crippen LogP contribution in [0.1, 0.15) is 55.4 Å². The summed E-state index contributed by atoms with van der Waals surface area (Å²) < 4.78 is 59.6. The highest BCUT2D eigenvalue weighted by molar-refractivity contribution is 5.89. The van der Waals surface area contributed by atoms with Crippen molar-refractivity contribution in [3.8, 4) is 0 Å². The van der Waals surface area contributed by atoms with Gasteiger partial charge in [-0.3, -0.25) is 4.68 Å². The fourth-order valence-electron chi connectivity index (χ4n) is 3.21. The summed E-state index contributed by atoms with van der Waals surface area (Å²) in [6.07, 6.45) is -0.724. The van der Waals surface area contributed by atoms with Crippen LogP contribution in [-0.2, 0) is 17.2 Å². The van der Waals surface area contributed by atoms with Crippen LogP contribution >= 0.6 is 0 Å². The molecule has 1 fully saturated rings. The molecule has 1 heterocycles. The fraction of sp³-hybridized carbons (Fsp3) is 0.733. The van der Waals surface area contributed by atoms with Gasteiger partial charge in [-0.15, -0.1) is 0 Å². The first kappa shape index (κ1) is 17.7. The van der Waals surface area contributed by atoms with Gasteiger partial charge in [0.1, 0.15) is 11.4 Å². The molecule has 0 N–H and O–H groups in total. The predicted octanol–water partition coefficient (Wildman–Crippen LogP) is 3.92. The van der Waals surface area contributed by atoms with E-state index in [4.69, 9.17) is 4.74 Å². The van der Waals surface area contributed by atoms with Crippen LogP contribution in [0.5, 0.6) is 0 Å². The Morgan fingerprint density at radius 2 is 1.96 bits per heavy atom. The zero-order chi connectivity index (χ0) is 17.6. The molecule has 8 heteroatoms. The maximum atomic E-state index is 13.7. The maximum absolute atomic E-state index is 13.7. The Kier molecular flexibility index (Phi) is 4.24. The summed E-state index contributed by atoms with van der Waals surface area (Å²) in [5, 5.41) is 3.82. The lowest BCUT2D eigenvalue weighted by molar-refractivity contribution is -0.160. The summed E-state index contributed by atoms with van der Waals surface area (Å²) in [5.74, 6) is -6.76. The molecule has 0 saturated heterocycles. The molecule has 1 aromatic rings. The number of hydrogen-bond acceptors (Lipinski definition) is 3. The second-order valence-electron chi connectivity index (χ2n) is 6.61. The number of aromatic nitrogens is 2. The van der Waals surface area contributed by atoms with E-state index in [1.165, 1.54) is 6.92 Å². The molecule has 0 aliphatic heterocycles. The van der Waals surface area contributed by atoms with Gasteiger partial charge in [-0.1, -0.05) is 6.92 Å². The van der Waals surface area contributed by atoms with E-state index in [-0.39, 0.29) is 37.3 Å². The lowest BCUT2D eigenvalue weighted by Gasteiger charge is -2.44. The molecule has 1 aliphatic rings. The van der Waals surface area contributed by atoms with Gasteiger partial charge in [0.05, 0.1) is 6.61 Å². The second kappa shape index (κ2) is 5.49. The van der Waals surface area contributed by atoms with Crippen molar-refractivity contribution in [2.24, 2.45) is 5.41 Å². The molecule has 2 rings (SSSR count). The lowest BCUT2D eigenvalue weighted by Crippen LogP contribution is -2.47. The number of esters is 1. The van der Waals surface area contributed by atoms with Gasteiger partial charge in [-0.05, 0) is 19.3 Å². The smallest absolute Gasteiger partial charge is 0.356 e. The minimum Gasteiger partial charge on any atom is -0.461 e. The summed E-state index contributed by atoms with van der Waals surface area (Å²) in [6, 6.07) is 0. The molecule has 1 aliphatic carbocycles. The third kappa shape index (κ3) is 3.50. The van der Waals surface area contributed by atoms with E-state index in [1.807, 2.05) is 0 Å². The van der Waals surface area contributed by atoms with Gasteiger partial charge >= 0.3 is 5.97 Å². The zero-order valence-corrected chi connectivity index (χ0v) is 13.6. The fourth-order valence-corrected chi connectivity index (χ4v) is 3.21. The van der Waals surface area contributed by atoms with Gasteiger partial charge < -0.3 is 4.74 Å². The van der Waals surface area contributed by atoms with Crippen molar-refractivity contribution in [2.45, 2.75) is 58.9 Å². The van der Waals surface area contributed by atoms with E-state index in [0.717, 1.165) is 4.68 Å². The number of carbonyl (C=O) groups is 1. The molecule has 0 amide bonds. The first-order valence-corrected chi connectivity index (χ1v) is 7.39. The quantitative estimate of drug-likeness (QED) is 0.605. The highest BCUT2D eigenvalue weighted by Gasteiger charge is 2.54. The van der Waals surface area contributed by atoms with Crippen molar-refractivity contribution in [1.82, 2.24) is 9.78 Å². The number of rotatable bonds is 5. The number of nitrogens with zero attached hydrogens (tertiary/aromatic N) is 2. The molecule has 0 bridgehead atoms. The minimum absolute atomic E-state index is 0.0191. The van der Waals surface area contributed by atoms with Crippen LogP contribution in [0.2, 0.25) is 0 Å². The van der Waals surface area contributed by atoms with Gasteiger partial charge in [0, 0.05) is 31.9 Å². The van der Waals surface area contributed by atoms with E-state index in [2.05, 4.69) is 5.10 Å². The Bertz CT molecular complexity index is 612. The normalized spacial score (nSPS) is 19.3. The maximum Gasteiger partial charge on any atom is 0.356 e. The minimum atomic E-state index is -3.24. The average Bonchev–Trinajstić information content (AvgIpc) is 2.62. The molecule has 130 valence electrons. The van der Waals surface area contributed by atoms with Crippen molar-refractivity contribution in [1.29, 1.82) is 0 Å². The third-order valence-electron chi connectivity index (χ3n) is 3.98. The molecule has 1 aromatic heterocycles. The topological polar surface area (TPSA) is 44.1 Å². The van der Waals surface area contributed by atoms with Crippen LogP contribution in [0.3, 0.4) is 0 Å². The van der Waals surface area contributed by atoms with Crippen LogP contribution in [-0.4, -0.2) is 28.3 Å². The predicted molar refractivity (Wildman–Crippen MR) is 74.8 cm³/mol. The average molecular weight is 336 g/mol. The number of ether oxygens (including phenoxy) is 1. The summed E-state index contributed by atoms with van der Waals surface area (Å²) in [5.41, 5.74) is -1.40. The zero-order valence-electron chi connectivity index (χ0n) is 13.6. The van der Waals surface area contributed by atoms with Gasteiger partial charge in [-0.2, -0.15) is 13.9 Å². The highest BCUT2D eigenvalue weighted by Crippen LogP contribution is 2.52. The van der Waals surface area contributed by atoms with Crippen LogP contribution < -0.4 is 0 Å². The number of halogens is 4. The summed E-state index contributed by atoms with van der Waals surface area (Å²) >= 11 is 0. The molecule has 23 heavy (non-hydrogen) atoms. The first-order chi connectivity index (χ1) is 10.4. The van der Waals surface area contributed by atoms with Gasteiger partial charge in [0.2, 0.25) is 5.92 Å². The van der Waals surface area contributed by atoms with E-state index in [9.17, 15) is 22.4 Å². The van der Waals surface area contributed by atoms with Crippen LogP contribution in [0.15, 0.2) is 0 Å². The van der Waals surface area contributed by atoms with Crippen molar-refractivity contribution in [3.05, 3.63) is 17.0 Å². The Hall–Kier alpha value is -1.60. The van der Waals surface area contributed by atoms with Gasteiger partial charge in [0.25, 0.3) is 5.92 Å². The Balaban J connectivity index is 2.39. The first-order valence-electron chi connectivity index (χ1n) is 7.39. The van der Waals surface area contributed by atoms with Crippen LogP contribution in [0, 0.1) is 12.3 Å². The number of hydrogen-bond donors (Lipinski definition) is 0. The number of alkyl halides is 4. The Morgan fingerprint density at radius 3 is 2.39 bits per heavy atom. The SMILES string of the molecule is CCOC(=O)c1c(C)c(C(C)(F)F)nn1CC1(C)CC(F)(F)C1. The molecule has 0 radical (unpaired) electrons. The molecular formula is C15H20F4N2O2. The summed E-state index contributed by atoms with van der Waals surface area (Å²) in [4.78, 5) is 12.1. The lowest BCUT2D eigenvalue weighted by atomic mass is 9.67. The van der Waals surface area contributed by atoms with Crippen molar-refractivity contribution < 1.29 is 27.1 Å². The Labute approximate surface area is 131 Å². The molecule has 0 aromatic carbocycles. The molecule has 1 saturated carbocycles. The van der Waals surface area contributed by atoms with E-state index in [1.54, 1.807) is 13.8 Å². The number of carbonyl (C=O) groups excluding carboxylic acids is 1. The van der Waals surface area contributed by atoms with Gasteiger partial charge in [0.15, 0.2) is 0 Å². The molecule has 0 unspecified atom stereocenters. The molecule has 0 spiro atoms. The van der Waals surface area contributed by atoms with Crippen molar-refractivity contribution in [2.75, 3.05) is 6.61 Å². The second-order valence-corrected chi connectivity index (χ2v) is 6.61. The molecule has 0 atom stereocenters.